The van der Waals surface area contributed by atoms with Crippen molar-refractivity contribution in [2.24, 2.45) is 0 Å². The normalized spacial score (nSPS) is 12.7. The van der Waals surface area contributed by atoms with Crippen LogP contribution in [0, 0.1) is 0 Å². The standard InChI is InChI=1S/C10H17NO7S/c1-19(17,18)6-2-3-8(12)11-7(10(15)16)4-5-9(13)14/h7H,2-6H2,1H3,(H,11,12)(H,13,14)(H,15,16). The van der Waals surface area contributed by atoms with Crippen molar-refractivity contribution in [3.05, 3.63) is 0 Å². The van der Waals surface area contributed by atoms with Crippen molar-refractivity contribution < 1.29 is 33.0 Å². The van der Waals surface area contributed by atoms with E-state index in [0.29, 0.717) is 0 Å². The van der Waals surface area contributed by atoms with E-state index < -0.39 is 33.7 Å². The maximum absolute atomic E-state index is 11.4. The summed E-state index contributed by atoms with van der Waals surface area (Å²) in [6.45, 7) is 0. The summed E-state index contributed by atoms with van der Waals surface area (Å²) in [5.74, 6) is -3.25. The first-order valence-corrected chi connectivity index (χ1v) is 7.59. The van der Waals surface area contributed by atoms with Gasteiger partial charge in [0.15, 0.2) is 0 Å². The van der Waals surface area contributed by atoms with Gasteiger partial charge in [-0.1, -0.05) is 0 Å². The van der Waals surface area contributed by atoms with Gasteiger partial charge in [0.2, 0.25) is 5.91 Å². The SMILES string of the molecule is CS(=O)(=O)CCCC(=O)NC(CCC(=O)O)C(=O)O. The highest BCUT2D eigenvalue weighted by Gasteiger charge is 2.20. The number of carbonyl (C=O) groups excluding carboxylic acids is 1. The molecule has 0 aromatic rings. The lowest BCUT2D eigenvalue weighted by molar-refractivity contribution is -0.143. The summed E-state index contributed by atoms with van der Waals surface area (Å²) in [5.41, 5.74) is 0. The molecule has 8 nitrogen and oxygen atoms in total. The number of carboxylic acid groups (broad SMARTS) is 2. The van der Waals surface area contributed by atoms with Gasteiger partial charge in [0.05, 0.1) is 5.75 Å². The average molecular weight is 295 g/mol. The molecule has 0 heterocycles. The summed E-state index contributed by atoms with van der Waals surface area (Å²) in [5, 5.41) is 19.4. The zero-order valence-corrected chi connectivity index (χ0v) is 11.3. The smallest absolute Gasteiger partial charge is 0.326 e. The summed E-state index contributed by atoms with van der Waals surface area (Å²) in [4.78, 5) is 32.5. The molecule has 0 aliphatic carbocycles. The van der Waals surface area contributed by atoms with Crippen LogP contribution in [-0.2, 0) is 24.2 Å². The maximum atomic E-state index is 11.4. The van der Waals surface area contributed by atoms with E-state index in [4.69, 9.17) is 10.2 Å². The predicted molar refractivity (Wildman–Crippen MR) is 65.4 cm³/mol. The van der Waals surface area contributed by atoms with Crippen molar-refractivity contribution in [3.63, 3.8) is 0 Å². The lowest BCUT2D eigenvalue weighted by atomic mass is 10.1. The number of carboxylic acids is 2. The second-order valence-corrected chi connectivity index (χ2v) is 6.38. The Morgan fingerprint density at radius 2 is 1.74 bits per heavy atom. The van der Waals surface area contributed by atoms with Gasteiger partial charge in [-0.2, -0.15) is 0 Å². The molecule has 0 aromatic heterocycles. The van der Waals surface area contributed by atoms with E-state index in [0.717, 1.165) is 6.26 Å². The van der Waals surface area contributed by atoms with E-state index in [1.807, 2.05) is 0 Å². The fraction of sp³-hybridized carbons (Fsp3) is 0.700. The predicted octanol–water partition coefficient (Wildman–Crippen LogP) is -0.755. The zero-order chi connectivity index (χ0) is 15.1. The number of amides is 1. The fourth-order valence-electron chi connectivity index (χ4n) is 1.29. The van der Waals surface area contributed by atoms with Gasteiger partial charge in [-0.05, 0) is 12.8 Å². The highest BCUT2D eigenvalue weighted by atomic mass is 32.2. The molecule has 0 rings (SSSR count). The summed E-state index contributed by atoms with van der Waals surface area (Å²) < 4.78 is 21.7. The Kier molecular flexibility index (Phi) is 7.05. The molecule has 1 amide bonds. The minimum atomic E-state index is -3.16. The molecule has 9 heteroatoms. The van der Waals surface area contributed by atoms with Crippen molar-refractivity contribution in [1.82, 2.24) is 5.32 Å². The molecule has 1 atom stereocenters. The van der Waals surface area contributed by atoms with E-state index in [1.165, 1.54) is 0 Å². The van der Waals surface area contributed by atoms with Crippen molar-refractivity contribution in [1.29, 1.82) is 0 Å². The quantitative estimate of drug-likeness (QED) is 0.508. The van der Waals surface area contributed by atoms with Crippen LogP contribution in [0.5, 0.6) is 0 Å². The van der Waals surface area contributed by atoms with Crippen LogP contribution in [0.15, 0.2) is 0 Å². The first-order chi connectivity index (χ1) is 8.61. The van der Waals surface area contributed by atoms with Gasteiger partial charge in [-0.15, -0.1) is 0 Å². The number of carbonyl (C=O) groups is 3. The Hall–Kier alpha value is -1.64. The molecule has 3 N–H and O–H groups in total. The minimum Gasteiger partial charge on any atom is -0.481 e. The Morgan fingerprint density at radius 1 is 1.16 bits per heavy atom. The lowest BCUT2D eigenvalue weighted by Gasteiger charge is -2.13. The van der Waals surface area contributed by atoms with Crippen molar-refractivity contribution in [2.75, 3.05) is 12.0 Å². The molecule has 1 unspecified atom stereocenters. The van der Waals surface area contributed by atoms with E-state index in [1.54, 1.807) is 0 Å². The van der Waals surface area contributed by atoms with Crippen LogP contribution in [0.25, 0.3) is 0 Å². The monoisotopic (exact) mass is 295 g/mol. The van der Waals surface area contributed by atoms with Crippen LogP contribution in [0.4, 0.5) is 0 Å². The first kappa shape index (κ1) is 17.4. The molecule has 0 aliphatic rings. The number of sulfone groups is 1. The van der Waals surface area contributed by atoms with Gasteiger partial charge in [0.25, 0.3) is 0 Å². The molecule has 110 valence electrons. The molecule has 0 spiro atoms. The molecule has 0 aromatic carbocycles. The minimum absolute atomic E-state index is 0.0932. The summed E-state index contributed by atoms with van der Waals surface area (Å²) in [6.07, 6.45) is 0.417. The van der Waals surface area contributed by atoms with Gasteiger partial charge in [-0.3, -0.25) is 9.59 Å². The molecule has 0 aliphatic heterocycles. The third-order valence-electron chi connectivity index (χ3n) is 2.20. The molecule has 0 fully saturated rings. The average Bonchev–Trinajstić information content (AvgIpc) is 2.21. The number of hydrogen-bond donors (Lipinski definition) is 3. The zero-order valence-electron chi connectivity index (χ0n) is 10.5. The lowest BCUT2D eigenvalue weighted by Crippen LogP contribution is -2.41. The number of hydrogen-bond acceptors (Lipinski definition) is 5. The highest BCUT2D eigenvalue weighted by molar-refractivity contribution is 7.90. The number of rotatable bonds is 9. The molecule has 0 bridgehead atoms. The van der Waals surface area contributed by atoms with E-state index >= 15 is 0 Å². The van der Waals surface area contributed by atoms with Crippen LogP contribution in [0.2, 0.25) is 0 Å². The van der Waals surface area contributed by atoms with Gasteiger partial charge >= 0.3 is 11.9 Å². The number of aliphatic carboxylic acids is 2. The number of nitrogens with one attached hydrogen (secondary N) is 1. The van der Waals surface area contributed by atoms with Gasteiger partial charge in [-0.25, -0.2) is 13.2 Å². The maximum Gasteiger partial charge on any atom is 0.326 e. The van der Waals surface area contributed by atoms with Gasteiger partial charge < -0.3 is 15.5 Å². The van der Waals surface area contributed by atoms with Crippen LogP contribution < -0.4 is 5.32 Å². The van der Waals surface area contributed by atoms with Crippen LogP contribution >= 0.6 is 0 Å². The largest absolute Gasteiger partial charge is 0.481 e. The van der Waals surface area contributed by atoms with Gasteiger partial charge in [0.1, 0.15) is 15.9 Å². The Morgan fingerprint density at radius 3 is 2.16 bits per heavy atom. The Balaban J connectivity index is 4.17. The van der Waals surface area contributed by atoms with Crippen LogP contribution in [0.1, 0.15) is 25.7 Å². The Labute approximate surface area is 110 Å². The summed E-state index contributed by atoms with van der Waals surface area (Å²) >= 11 is 0. The molecule has 0 saturated heterocycles. The summed E-state index contributed by atoms with van der Waals surface area (Å²) in [7, 11) is -3.16. The molecule has 19 heavy (non-hydrogen) atoms. The van der Waals surface area contributed by atoms with Crippen molar-refractivity contribution in [3.8, 4) is 0 Å². The van der Waals surface area contributed by atoms with Crippen LogP contribution in [0.3, 0.4) is 0 Å². The second kappa shape index (κ2) is 7.72. The first-order valence-electron chi connectivity index (χ1n) is 5.53. The molecular formula is C10H17NO7S. The van der Waals surface area contributed by atoms with Crippen LogP contribution in [-0.4, -0.2) is 54.5 Å². The van der Waals surface area contributed by atoms with Crippen molar-refractivity contribution in [2.45, 2.75) is 31.7 Å². The van der Waals surface area contributed by atoms with E-state index in [2.05, 4.69) is 5.32 Å². The van der Waals surface area contributed by atoms with Gasteiger partial charge in [0, 0.05) is 19.1 Å². The Bertz CT molecular complexity index is 443. The molecular weight excluding hydrogens is 278 g/mol. The summed E-state index contributed by atoms with van der Waals surface area (Å²) in [6, 6.07) is -1.28. The topological polar surface area (TPSA) is 138 Å². The third kappa shape index (κ3) is 10.0. The highest BCUT2D eigenvalue weighted by Crippen LogP contribution is 2.00. The molecule has 0 radical (unpaired) electrons. The molecule has 0 saturated carbocycles. The van der Waals surface area contributed by atoms with E-state index in [-0.39, 0.29) is 31.4 Å². The van der Waals surface area contributed by atoms with Crippen molar-refractivity contribution >= 4 is 27.7 Å². The fourth-order valence-corrected chi connectivity index (χ4v) is 1.96. The third-order valence-corrected chi connectivity index (χ3v) is 3.23. The van der Waals surface area contributed by atoms with E-state index in [9.17, 15) is 22.8 Å². The second-order valence-electron chi connectivity index (χ2n) is 4.12.